The number of esters is 3. The minimum Gasteiger partial charge on any atom is -0.504 e. The van der Waals surface area contributed by atoms with E-state index >= 15 is 0 Å². The zero-order valence-electron chi connectivity index (χ0n) is 38.8. The molecule has 0 aromatic heterocycles. The highest BCUT2D eigenvalue weighted by Gasteiger charge is 2.47. The number of aromatic hydroxyl groups is 12. The average molecular weight is 1090 g/mol. The van der Waals surface area contributed by atoms with Crippen LogP contribution in [0.25, 0.3) is 0 Å². The van der Waals surface area contributed by atoms with Crippen LogP contribution in [0, 0.1) is 0 Å². The molecular formula is C47H46O30. The molecule has 2 fully saturated rings. The summed E-state index contributed by atoms with van der Waals surface area (Å²) in [6.45, 7) is -3.26. The summed E-state index contributed by atoms with van der Waals surface area (Å²) >= 11 is 0. The summed E-state index contributed by atoms with van der Waals surface area (Å²) in [6.07, 6.45) is -18.4. The van der Waals surface area contributed by atoms with Gasteiger partial charge in [0.05, 0.1) is 17.7 Å². The number of ether oxygens (including phenoxy) is 8. The largest absolute Gasteiger partial charge is 0.504 e. The van der Waals surface area contributed by atoms with Crippen LogP contribution < -0.4 is 14.2 Å². The van der Waals surface area contributed by atoms with Gasteiger partial charge in [-0.1, -0.05) is 0 Å². The number of benzene rings is 5. The third kappa shape index (κ3) is 11.7. The van der Waals surface area contributed by atoms with Gasteiger partial charge < -0.3 is 135 Å². The van der Waals surface area contributed by atoms with E-state index in [0.717, 1.165) is 36.4 Å². The van der Waals surface area contributed by atoms with Crippen LogP contribution in [-0.4, -0.2) is 190 Å². The van der Waals surface area contributed by atoms with Crippen molar-refractivity contribution in [2.75, 3.05) is 13.2 Å². The molecule has 19 N–H and O–H groups in total. The Labute approximate surface area is 428 Å². The molecule has 2 aliphatic heterocycles. The van der Waals surface area contributed by atoms with Crippen molar-refractivity contribution in [3.05, 3.63) is 82.4 Å². The van der Waals surface area contributed by atoms with Crippen molar-refractivity contribution >= 4 is 17.9 Å². The first-order chi connectivity index (χ1) is 36.3. The van der Waals surface area contributed by atoms with Gasteiger partial charge in [0, 0.05) is 6.07 Å². The predicted molar refractivity (Wildman–Crippen MR) is 242 cm³/mol. The molecule has 2 heterocycles. The summed E-state index contributed by atoms with van der Waals surface area (Å²) in [4.78, 5) is 39.2. The fourth-order valence-corrected chi connectivity index (χ4v) is 7.47. The molecule has 30 nitrogen and oxygen atoms in total. The number of phenols is 12. The van der Waals surface area contributed by atoms with E-state index in [-0.39, 0.29) is 11.1 Å². The minimum atomic E-state index is -2.06. The van der Waals surface area contributed by atoms with Gasteiger partial charge in [-0.05, 0) is 59.7 Å². The lowest BCUT2D eigenvalue weighted by molar-refractivity contribution is -0.277. The lowest BCUT2D eigenvalue weighted by atomic mass is 9.99. The van der Waals surface area contributed by atoms with Gasteiger partial charge in [0.2, 0.25) is 41.3 Å². The number of hydrogen-bond acceptors (Lipinski definition) is 30. The standard InChI is InChI=1S/C47H46O30/c48-10-28-33(60)35(62)38(65)46(74-28)76-41-25(55)3-15(4-26(41)56)12-71-45(69)18-9-22(52)32(59)37(64)40(18)73-27-8-17(7-21(51)31(27)58)44(68)70-11-14-1-23(53)42(24(54)2-14)77-47-39(66)36(63)34(61)29(75-47)13-72-43(67)16-5-19(49)30(57)20(50)6-16/h1-9,28-29,33-36,38-39,46-66H,10-13H2/t28-,29-,33-,34-,35+,36+,38-,39-,46+,47+/m1/s1. The second kappa shape index (κ2) is 22.6. The maximum Gasteiger partial charge on any atom is 0.342 e. The highest BCUT2D eigenvalue weighted by atomic mass is 16.7. The molecule has 0 spiro atoms. The zero-order valence-corrected chi connectivity index (χ0v) is 38.8. The van der Waals surface area contributed by atoms with Crippen molar-refractivity contribution in [1.82, 2.24) is 0 Å². The van der Waals surface area contributed by atoms with Crippen LogP contribution >= 0.6 is 0 Å². The summed E-state index contributed by atoms with van der Waals surface area (Å²) in [6, 6.07) is 6.97. The van der Waals surface area contributed by atoms with E-state index < -0.39 is 214 Å². The maximum absolute atomic E-state index is 13.4. The summed E-state index contributed by atoms with van der Waals surface area (Å²) < 4.78 is 42.2. The number of aliphatic hydroxyl groups is 7. The van der Waals surface area contributed by atoms with E-state index in [1.54, 1.807) is 0 Å². The number of phenolic OH excluding ortho intramolecular Hbond substituents is 12. The molecule has 0 saturated carbocycles. The van der Waals surface area contributed by atoms with Gasteiger partial charge in [0.1, 0.15) is 74.2 Å². The van der Waals surface area contributed by atoms with E-state index in [9.17, 15) is 111 Å². The van der Waals surface area contributed by atoms with Gasteiger partial charge in [-0.2, -0.15) is 0 Å². The van der Waals surface area contributed by atoms with Gasteiger partial charge in [-0.15, -0.1) is 0 Å². The summed E-state index contributed by atoms with van der Waals surface area (Å²) in [7, 11) is 0. The van der Waals surface area contributed by atoms with Crippen molar-refractivity contribution in [2.45, 2.75) is 74.6 Å². The van der Waals surface area contributed by atoms with Gasteiger partial charge >= 0.3 is 17.9 Å². The minimum absolute atomic E-state index is 0.160. The monoisotopic (exact) mass is 1090 g/mol. The van der Waals surface area contributed by atoms with E-state index in [1.165, 1.54) is 0 Å². The third-order valence-electron chi connectivity index (χ3n) is 11.6. The van der Waals surface area contributed by atoms with E-state index in [0.29, 0.717) is 18.2 Å². The molecule has 0 amide bonds. The molecule has 5 aromatic rings. The fraction of sp³-hybridized carbons (Fsp3) is 0.298. The van der Waals surface area contributed by atoms with Gasteiger partial charge in [-0.3, -0.25) is 0 Å². The van der Waals surface area contributed by atoms with Crippen LogP contribution in [0.5, 0.6) is 92.0 Å². The van der Waals surface area contributed by atoms with E-state index in [4.69, 9.17) is 37.9 Å². The Kier molecular flexibility index (Phi) is 16.4. The van der Waals surface area contributed by atoms with Crippen LogP contribution in [0.2, 0.25) is 0 Å². The van der Waals surface area contributed by atoms with Crippen molar-refractivity contribution in [1.29, 1.82) is 0 Å². The summed E-state index contributed by atoms with van der Waals surface area (Å²) in [5.41, 5.74) is -2.28. The van der Waals surface area contributed by atoms with E-state index in [2.05, 4.69) is 0 Å². The molecule has 77 heavy (non-hydrogen) atoms. The predicted octanol–water partition coefficient (Wildman–Crippen LogP) is -1.12. The van der Waals surface area contributed by atoms with Crippen LogP contribution in [0.4, 0.5) is 0 Å². The molecule has 10 atom stereocenters. The Morgan fingerprint density at radius 1 is 0.416 bits per heavy atom. The first kappa shape index (κ1) is 55.9. The topological polar surface area (TPSA) is 509 Å². The number of rotatable bonds is 16. The first-order valence-corrected chi connectivity index (χ1v) is 22.0. The Bertz CT molecular complexity index is 2980. The number of carbonyl (C=O) groups is 3. The third-order valence-corrected chi connectivity index (χ3v) is 11.6. The van der Waals surface area contributed by atoms with Crippen LogP contribution in [0.3, 0.4) is 0 Å². The highest BCUT2D eigenvalue weighted by Crippen LogP contribution is 2.50. The molecule has 2 aliphatic rings. The zero-order chi connectivity index (χ0) is 56.5. The molecule has 0 aliphatic carbocycles. The lowest BCUT2D eigenvalue weighted by Gasteiger charge is -2.40. The van der Waals surface area contributed by atoms with Gasteiger partial charge in [0.25, 0.3) is 0 Å². The molecular weight excluding hydrogens is 1040 g/mol. The normalized spacial score (nSPS) is 23.1. The van der Waals surface area contributed by atoms with Crippen LogP contribution in [0.1, 0.15) is 42.2 Å². The highest BCUT2D eigenvalue weighted by molar-refractivity contribution is 5.96. The molecule has 30 heteroatoms. The smallest absolute Gasteiger partial charge is 0.342 e. The molecule has 7 rings (SSSR count). The molecule has 0 bridgehead atoms. The summed E-state index contributed by atoms with van der Waals surface area (Å²) in [5.74, 6) is -19.5. The second-order valence-corrected chi connectivity index (χ2v) is 16.9. The molecule has 5 aromatic carbocycles. The number of aliphatic hydroxyl groups excluding tert-OH is 7. The molecule has 2 saturated heterocycles. The van der Waals surface area contributed by atoms with Crippen molar-refractivity contribution in [2.24, 2.45) is 0 Å². The van der Waals surface area contributed by atoms with Crippen molar-refractivity contribution in [3.63, 3.8) is 0 Å². The molecule has 0 radical (unpaired) electrons. The van der Waals surface area contributed by atoms with Crippen LogP contribution in [-0.2, 0) is 36.9 Å². The lowest BCUT2D eigenvalue weighted by Crippen LogP contribution is -2.60. The SMILES string of the molecule is O=C(OCc1cc(O)c(O[C@@H]2O[C@H](COC(=O)c3cc(O)c(O)c(O)c3)[C@@H](O)[C@H](O)[C@H]2O)c(O)c1)c1cc(O)c(O)c(Oc2c(C(=O)OCc3cc(O)c(O[C@@H]4O[C@H](CO)[C@@H](O)[C@H](O)[C@H]4O)c(O)c3)cc(O)c(O)c2O)c1. The number of hydrogen-bond donors (Lipinski definition) is 19. The first-order valence-electron chi connectivity index (χ1n) is 22.0. The molecule has 414 valence electrons. The van der Waals surface area contributed by atoms with Crippen molar-refractivity contribution < 1.29 is 149 Å². The fourth-order valence-electron chi connectivity index (χ4n) is 7.47. The quantitative estimate of drug-likeness (QED) is 0.0316. The second-order valence-electron chi connectivity index (χ2n) is 16.9. The Hall–Kier alpha value is -8.85. The Morgan fingerprint density at radius 2 is 0.831 bits per heavy atom. The van der Waals surface area contributed by atoms with Crippen LogP contribution in [0.15, 0.2) is 54.6 Å². The maximum atomic E-state index is 13.4. The van der Waals surface area contributed by atoms with Gasteiger partial charge in [0.15, 0.2) is 63.2 Å². The number of carbonyl (C=O) groups excluding carboxylic acids is 3. The Morgan fingerprint density at radius 3 is 1.32 bits per heavy atom. The van der Waals surface area contributed by atoms with Gasteiger partial charge in [-0.25, -0.2) is 14.4 Å². The van der Waals surface area contributed by atoms with Crippen molar-refractivity contribution in [3.8, 4) is 92.0 Å². The average Bonchev–Trinajstić information content (AvgIpc) is 3.39. The molecule has 0 unspecified atom stereocenters. The van der Waals surface area contributed by atoms with E-state index in [1.807, 2.05) is 0 Å². The Balaban J connectivity index is 1.01. The summed E-state index contributed by atoms with van der Waals surface area (Å²) in [5, 5.41) is 195.